The van der Waals surface area contributed by atoms with Crippen molar-refractivity contribution in [2.45, 2.75) is 19.4 Å². The summed E-state index contributed by atoms with van der Waals surface area (Å²) in [6.45, 7) is 1.88. The maximum atomic E-state index is 12.8. The molecule has 0 fully saturated rings. The molecule has 1 atom stereocenters. The van der Waals surface area contributed by atoms with Gasteiger partial charge in [-0.05, 0) is 36.1 Å². The smallest absolute Gasteiger partial charge is 0.265 e. The maximum Gasteiger partial charge on any atom is 0.265 e. The van der Waals surface area contributed by atoms with Gasteiger partial charge in [0.05, 0.1) is 11.9 Å². The molecular weight excluding hydrogens is 388 g/mol. The van der Waals surface area contributed by atoms with E-state index in [1.165, 1.54) is 7.05 Å². The summed E-state index contributed by atoms with van der Waals surface area (Å²) >= 11 is 0. The van der Waals surface area contributed by atoms with Gasteiger partial charge < -0.3 is 10.1 Å². The van der Waals surface area contributed by atoms with E-state index in [4.69, 9.17) is 4.74 Å². The summed E-state index contributed by atoms with van der Waals surface area (Å²) in [6.07, 6.45) is 0.929. The Morgan fingerprint density at radius 1 is 1.07 bits per heavy atom. The van der Waals surface area contributed by atoms with Crippen LogP contribution in [0.5, 0.6) is 5.75 Å². The molecule has 1 unspecified atom stereocenters. The molecule has 6 nitrogen and oxygen atoms in total. The lowest BCUT2D eigenvalue weighted by Crippen LogP contribution is -2.32. The zero-order chi connectivity index (χ0) is 21.0. The summed E-state index contributed by atoms with van der Waals surface area (Å²) in [6, 6.07) is 20.3. The number of sulfonamides is 1. The van der Waals surface area contributed by atoms with Gasteiger partial charge in [0, 0.05) is 18.1 Å². The van der Waals surface area contributed by atoms with Crippen LogP contribution in [0.4, 0.5) is 11.4 Å². The van der Waals surface area contributed by atoms with Crippen LogP contribution in [0.25, 0.3) is 10.8 Å². The second kappa shape index (κ2) is 8.53. The minimum atomic E-state index is -3.39. The van der Waals surface area contributed by atoms with Crippen molar-refractivity contribution >= 4 is 38.1 Å². The molecule has 0 bridgehead atoms. The number of fused-ring (bicyclic) bond motifs is 1. The number of ether oxygens (including phenoxy) is 1. The Morgan fingerprint density at radius 2 is 1.76 bits per heavy atom. The number of nitrogens with zero attached hydrogens (tertiary/aromatic N) is 1. The molecule has 3 rings (SSSR count). The lowest BCUT2D eigenvalue weighted by molar-refractivity contribution is -0.122. The number of benzene rings is 3. The van der Waals surface area contributed by atoms with Gasteiger partial charge in [0.1, 0.15) is 5.75 Å². The van der Waals surface area contributed by atoms with E-state index in [9.17, 15) is 13.2 Å². The summed E-state index contributed by atoms with van der Waals surface area (Å²) in [5.41, 5.74) is 0.969. The molecule has 0 aliphatic heterocycles. The van der Waals surface area contributed by atoms with Gasteiger partial charge in [-0.1, -0.05) is 49.4 Å². The first-order chi connectivity index (χ1) is 13.8. The first-order valence-electron chi connectivity index (χ1n) is 9.29. The topological polar surface area (TPSA) is 75.7 Å². The first-order valence-corrected chi connectivity index (χ1v) is 11.1. The van der Waals surface area contributed by atoms with Gasteiger partial charge in [-0.25, -0.2) is 8.42 Å². The number of hydrogen-bond acceptors (Lipinski definition) is 4. The van der Waals surface area contributed by atoms with Crippen LogP contribution in [-0.4, -0.2) is 33.7 Å². The summed E-state index contributed by atoms with van der Waals surface area (Å²) < 4.78 is 30.7. The summed E-state index contributed by atoms with van der Waals surface area (Å²) in [4.78, 5) is 12.8. The molecule has 0 saturated carbocycles. The van der Waals surface area contributed by atoms with Crippen LogP contribution < -0.4 is 14.4 Å². The van der Waals surface area contributed by atoms with E-state index in [1.54, 1.807) is 24.3 Å². The summed E-state index contributed by atoms with van der Waals surface area (Å²) in [7, 11) is -1.92. The zero-order valence-corrected chi connectivity index (χ0v) is 17.4. The molecule has 3 aromatic carbocycles. The normalized spacial score (nSPS) is 12.4. The number of anilines is 2. The fourth-order valence-corrected chi connectivity index (χ4v) is 3.46. The Hall–Kier alpha value is -3.06. The van der Waals surface area contributed by atoms with Crippen LogP contribution >= 0.6 is 0 Å². The quantitative estimate of drug-likeness (QED) is 0.636. The third-order valence-corrected chi connectivity index (χ3v) is 5.86. The van der Waals surface area contributed by atoms with Crippen LogP contribution in [0, 0.1) is 0 Å². The van der Waals surface area contributed by atoms with Crippen molar-refractivity contribution in [3.8, 4) is 5.75 Å². The van der Waals surface area contributed by atoms with Crippen molar-refractivity contribution < 1.29 is 17.9 Å². The van der Waals surface area contributed by atoms with Crippen molar-refractivity contribution in [3.05, 3.63) is 66.7 Å². The molecule has 0 radical (unpaired) electrons. The molecule has 0 aliphatic rings. The van der Waals surface area contributed by atoms with E-state index >= 15 is 0 Å². The van der Waals surface area contributed by atoms with Crippen LogP contribution in [0.1, 0.15) is 13.3 Å². The number of carbonyl (C=O) groups excluding carboxylic acids is 1. The lowest BCUT2D eigenvalue weighted by Gasteiger charge is -2.20. The maximum absolute atomic E-state index is 12.8. The Bertz CT molecular complexity index is 1120. The van der Waals surface area contributed by atoms with Crippen molar-refractivity contribution in [1.29, 1.82) is 0 Å². The monoisotopic (exact) mass is 412 g/mol. The fourth-order valence-electron chi connectivity index (χ4n) is 2.97. The number of carbonyl (C=O) groups is 1. The predicted molar refractivity (Wildman–Crippen MR) is 117 cm³/mol. The van der Waals surface area contributed by atoms with E-state index in [1.807, 2.05) is 49.4 Å². The number of rotatable bonds is 7. The van der Waals surface area contributed by atoms with Crippen LogP contribution in [0.3, 0.4) is 0 Å². The Labute approximate surface area is 171 Å². The number of hydrogen-bond donors (Lipinski definition) is 1. The highest BCUT2D eigenvalue weighted by atomic mass is 32.2. The number of amides is 1. The van der Waals surface area contributed by atoms with Gasteiger partial charge >= 0.3 is 0 Å². The average molecular weight is 413 g/mol. The van der Waals surface area contributed by atoms with Crippen LogP contribution in [0.2, 0.25) is 0 Å². The standard InChI is InChI=1S/C22H24N2O4S/c1-4-20(28-21-14-7-10-16-9-5-6-13-19(16)21)22(25)23-17-11-8-12-18(15-17)24(2)29(3,26)27/h5-15,20H,4H2,1-3H3,(H,23,25). The molecule has 3 aromatic rings. The molecule has 152 valence electrons. The largest absolute Gasteiger partial charge is 0.480 e. The van der Waals surface area contributed by atoms with E-state index in [0.717, 1.165) is 21.3 Å². The third kappa shape index (κ3) is 4.86. The number of nitrogens with one attached hydrogen (secondary N) is 1. The molecule has 0 aliphatic carbocycles. The second-order valence-corrected chi connectivity index (χ2v) is 8.78. The van der Waals surface area contributed by atoms with Gasteiger partial charge in [0.25, 0.3) is 5.91 Å². The summed E-state index contributed by atoms with van der Waals surface area (Å²) in [5.74, 6) is 0.357. The highest BCUT2D eigenvalue weighted by molar-refractivity contribution is 7.92. The van der Waals surface area contributed by atoms with Gasteiger partial charge in [0.2, 0.25) is 10.0 Å². The van der Waals surface area contributed by atoms with Crippen molar-refractivity contribution in [1.82, 2.24) is 0 Å². The molecule has 0 heterocycles. The molecule has 0 spiro atoms. The van der Waals surface area contributed by atoms with Crippen LogP contribution in [0.15, 0.2) is 66.7 Å². The Morgan fingerprint density at radius 3 is 2.48 bits per heavy atom. The lowest BCUT2D eigenvalue weighted by atomic mass is 10.1. The molecule has 1 amide bonds. The van der Waals surface area contributed by atoms with Crippen molar-refractivity contribution in [2.75, 3.05) is 22.9 Å². The molecule has 29 heavy (non-hydrogen) atoms. The highest BCUT2D eigenvalue weighted by Gasteiger charge is 2.20. The highest BCUT2D eigenvalue weighted by Crippen LogP contribution is 2.27. The van der Waals surface area contributed by atoms with E-state index in [2.05, 4.69) is 5.32 Å². The molecule has 7 heteroatoms. The van der Waals surface area contributed by atoms with Crippen molar-refractivity contribution in [2.24, 2.45) is 0 Å². The average Bonchev–Trinajstić information content (AvgIpc) is 2.71. The Balaban J connectivity index is 1.78. The van der Waals surface area contributed by atoms with Gasteiger partial charge in [0.15, 0.2) is 6.10 Å². The second-order valence-electron chi connectivity index (χ2n) is 6.76. The van der Waals surface area contributed by atoms with Crippen molar-refractivity contribution in [3.63, 3.8) is 0 Å². The SMILES string of the molecule is CCC(Oc1cccc2ccccc12)C(=O)Nc1cccc(N(C)S(C)(=O)=O)c1. The molecule has 1 N–H and O–H groups in total. The molecule has 0 saturated heterocycles. The Kier molecular flexibility index (Phi) is 6.08. The van der Waals surface area contributed by atoms with Gasteiger partial charge in [-0.2, -0.15) is 0 Å². The van der Waals surface area contributed by atoms with Gasteiger partial charge in [-0.3, -0.25) is 9.10 Å². The zero-order valence-electron chi connectivity index (χ0n) is 16.6. The van der Waals surface area contributed by atoms with E-state index in [-0.39, 0.29) is 5.91 Å². The first kappa shape index (κ1) is 20.7. The van der Waals surface area contributed by atoms with E-state index < -0.39 is 16.1 Å². The molecule has 0 aromatic heterocycles. The van der Waals surface area contributed by atoms with Crippen LogP contribution in [-0.2, 0) is 14.8 Å². The fraction of sp³-hybridized carbons (Fsp3) is 0.227. The van der Waals surface area contributed by atoms with E-state index in [0.29, 0.717) is 23.5 Å². The summed E-state index contributed by atoms with van der Waals surface area (Å²) in [5, 5.41) is 4.80. The van der Waals surface area contributed by atoms with Gasteiger partial charge in [-0.15, -0.1) is 0 Å². The minimum Gasteiger partial charge on any atom is -0.480 e. The molecular formula is C22H24N2O4S. The third-order valence-electron chi connectivity index (χ3n) is 4.66. The minimum absolute atomic E-state index is 0.292. The predicted octanol–water partition coefficient (Wildman–Crippen LogP) is 4.03.